The van der Waals surface area contributed by atoms with Crippen LogP contribution in [-0.4, -0.2) is 67.9 Å². The number of ether oxygens (including phenoxy) is 1. The highest BCUT2D eigenvalue weighted by Gasteiger charge is 2.22. The molecule has 3 amide bonds. The van der Waals surface area contributed by atoms with E-state index in [0.29, 0.717) is 32.7 Å². The number of likely N-dealkylation sites (tertiary alicyclic amines) is 1. The van der Waals surface area contributed by atoms with Crippen molar-refractivity contribution in [1.29, 1.82) is 0 Å². The summed E-state index contributed by atoms with van der Waals surface area (Å²) in [6.07, 6.45) is 0.311. The number of nitrogens with one attached hydrogen (secondary N) is 2. The van der Waals surface area contributed by atoms with Crippen LogP contribution in [0.2, 0.25) is 0 Å². The summed E-state index contributed by atoms with van der Waals surface area (Å²) < 4.78 is 4.75. The number of nitrogens with zero attached hydrogens (tertiary/aromatic N) is 1. The van der Waals surface area contributed by atoms with Crippen LogP contribution in [0.15, 0.2) is 0 Å². The van der Waals surface area contributed by atoms with Gasteiger partial charge in [-0.1, -0.05) is 0 Å². The maximum atomic E-state index is 11.4. The molecule has 1 aliphatic rings. The van der Waals surface area contributed by atoms with Gasteiger partial charge in [-0.2, -0.15) is 0 Å². The third kappa shape index (κ3) is 5.62. The SMILES string of the molecule is COCCNC(=O)NC(=O)CN1CC[C@H](O)C1. The van der Waals surface area contributed by atoms with E-state index >= 15 is 0 Å². The minimum Gasteiger partial charge on any atom is -0.392 e. The van der Waals surface area contributed by atoms with Crippen LogP contribution in [0.5, 0.6) is 0 Å². The third-order valence-electron chi connectivity index (χ3n) is 2.46. The van der Waals surface area contributed by atoms with Gasteiger partial charge in [-0.05, 0) is 6.42 Å². The van der Waals surface area contributed by atoms with E-state index < -0.39 is 6.03 Å². The fourth-order valence-electron chi connectivity index (χ4n) is 1.64. The third-order valence-corrected chi connectivity index (χ3v) is 2.46. The summed E-state index contributed by atoms with van der Waals surface area (Å²) in [7, 11) is 1.53. The molecule has 0 bridgehead atoms. The van der Waals surface area contributed by atoms with Crippen molar-refractivity contribution in [3.8, 4) is 0 Å². The molecule has 0 saturated carbocycles. The molecule has 1 saturated heterocycles. The van der Waals surface area contributed by atoms with Gasteiger partial charge in [0.2, 0.25) is 5.91 Å². The monoisotopic (exact) mass is 245 g/mol. The van der Waals surface area contributed by atoms with Crippen LogP contribution < -0.4 is 10.6 Å². The van der Waals surface area contributed by atoms with Gasteiger partial charge in [0.1, 0.15) is 0 Å². The minimum absolute atomic E-state index is 0.134. The lowest BCUT2D eigenvalue weighted by atomic mass is 10.3. The van der Waals surface area contributed by atoms with Crippen LogP contribution in [0.3, 0.4) is 0 Å². The number of aliphatic hydroxyl groups is 1. The van der Waals surface area contributed by atoms with Gasteiger partial charge in [-0.15, -0.1) is 0 Å². The van der Waals surface area contributed by atoms with Crippen LogP contribution in [0, 0.1) is 0 Å². The first-order valence-corrected chi connectivity index (χ1v) is 5.59. The molecule has 17 heavy (non-hydrogen) atoms. The number of rotatable bonds is 5. The number of β-amino-alcohol motifs (C(OH)–C–C–N with tert-alkyl or cyclic N) is 1. The molecular formula is C10H19N3O4. The Balaban J connectivity index is 2.13. The summed E-state index contributed by atoms with van der Waals surface area (Å²) in [5, 5.41) is 14.0. The Morgan fingerprint density at radius 3 is 2.88 bits per heavy atom. The summed E-state index contributed by atoms with van der Waals surface area (Å²) >= 11 is 0. The van der Waals surface area contributed by atoms with E-state index in [9.17, 15) is 14.7 Å². The Labute approximate surface area is 100 Å². The number of urea groups is 1. The van der Waals surface area contributed by atoms with E-state index in [0.717, 1.165) is 0 Å². The molecule has 1 aliphatic heterocycles. The smallest absolute Gasteiger partial charge is 0.321 e. The number of methoxy groups -OCH3 is 1. The molecule has 0 spiro atoms. The van der Waals surface area contributed by atoms with Gasteiger partial charge in [-0.3, -0.25) is 15.0 Å². The fraction of sp³-hybridized carbons (Fsp3) is 0.800. The number of hydrogen-bond donors (Lipinski definition) is 3. The van der Waals surface area contributed by atoms with Crippen LogP contribution >= 0.6 is 0 Å². The molecule has 1 atom stereocenters. The summed E-state index contributed by atoms with van der Waals surface area (Å²) in [5.41, 5.74) is 0. The van der Waals surface area contributed by atoms with Gasteiger partial charge in [0.15, 0.2) is 0 Å². The Kier molecular flexibility index (Phi) is 5.88. The molecule has 0 aromatic heterocycles. The largest absolute Gasteiger partial charge is 0.392 e. The molecule has 98 valence electrons. The Bertz CT molecular complexity index is 272. The number of amides is 3. The van der Waals surface area contributed by atoms with E-state index in [4.69, 9.17) is 4.74 Å². The minimum atomic E-state index is -0.521. The van der Waals surface area contributed by atoms with Gasteiger partial charge < -0.3 is 15.2 Å². The first-order chi connectivity index (χ1) is 8.11. The molecule has 0 aromatic rings. The quantitative estimate of drug-likeness (QED) is 0.514. The molecule has 1 rings (SSSR count). The Morgan fingerprint density at radius 1 is 1.53 bits per heavy atom. The van der Waals surface area contributed by atoms with Crippen LogP contribution in [-0.2, 0) is 9.53 Å². The lowest BCUT2D eigenvalue weighted by molar-refractivity contribution is -0.121. The molecule has 0 aliphatic carbocycles. The van der Waals surface area contributed by atoms with Crippen LogP contribution in [0.25, 0.3) is 0 Å². The van der Waals surface area contributed by atoms with Crippen LogP contribution in [0.4, 0.5) is 4.79 Å². The van der Waals surface area contributed by atoms with E-state index in [1.807, 2.05) is 4.90 Å². The summed E-state index contributed by atoms with van der Waals surface area (Å²) in [6, 6.07) is -0.521. The second-order valence-corrected chi connectivity index (χ2v) is 3.97. The van der Waals surface area contributed by atoms with Crippen molar-refractivity contribution in [2.75, 3.05) is 39.9 Å². The molecule has 0 aromatic carbocycles. The lowest BCUT2D eigenvalue weighted by Gasteiger charge is -2.14. The zero-order valence-electron chi connectivity index (χ0n) is 9.94. The van der Waals surface area contributed by atoms with E-state index in [-0.39, 0.29) is 18.6 Å². The molecule has 7 nitrogen and oxygen atoms in total. The number of carbonyl (C=O) groups is 2. The highest BCUT2D eigenvalue weighted by atomic mass is 16.5. The summed E-state index contributed by atoms with van der Waals surface area (Å²) in [6.45, 7) is 2.06. The summed E-state index contributed by atoms with van der Waals surface area (Å²) in [5.74, 6) is -0.367. The average Bonchev–Trinajstić information content (AvgIpc) is 2.64. The van der Waals surface area contributed by atoms with Crippen molar-refractivity contribution in [2.45, 2.75) is 12.5 Å². The second-order valence-electron chi connectivity index (χ2n) is 3.97. The second kappa shape index (κ2) is 7.21. The number of hydrogen-bond acceptors (Lipinski definition) is 5. The Morgan fingerprint density at radius 2 is 2.29 bits per heavy atom. The Hall–Kier alpha value is -1.18. The molecule has 1 fully saturated rings. The normalized spacial score (nSPS) is 20.2. The standard InChI is InChI=1S/C10H19N3O4/c1-17-5-3-11-10(16)12-9(15)7-13-4-2-8(14)6-13/h8,14H,2-7H2,1H3,(H2,11,12,15,16)/t8-/m0/s1. The highest BCUT2D eigenvalue weighted by Crippen LogP contribution is 2.07. The number of carbonyl (C=O) groups excluding carboxylic acids is 2. The lowest BCUT2D eigenvalue weighted by Crippen LogP contribution is -2.44. The number of imide groups is 1. The molecule has 0 unspecified atom stereocenters. The molecular weight excluding hydrogens is 226 g/mol. The van der Waals surface area contributed by atoms with E-state index in [1.54, 1.807) is 0 Å². The molecule has 7 heteroatoms. The maximum absolute atomic E-state index is 11.4. The predicted octanol–water partition coefficient (Wildman–Crippen LogP) is -1.47. The van der Waals surface area contributed by atoms with Crippen LogP contribution in [0.1, 0.15) is 6.42 Å². The molecule has 1 heterocycles. The van der Waals surface area contributed by atoms with Gasteiger partial charge >= 0.3 is 6.03 Å². The molecule has 0 radical (unpaired) electrons. The molecule has 3 N–H and O–H groups in total. The zero-order valence-corrected chi connectivity index (χ0v) is 9.94. The van der Waals surface area contributed by atoms with Crippen molar-refractivity contribution in [2.24, 2.45) is 0 Å². The zero-order chi connectivity index (χ0) is 12.7. The van der Waals surface area contributed by atoms with Crippen molar-refractivity contribution in [1.82, 2.24) is 15.5 Å². The highest BCUT2D eigenvalue weighted by molar-refractivity contribution is 5.95. The number of aliphatic hydroxyl groups excluding tert-OH is 1. The first kappa shape index (κ1) is 13.9. The van der Waals surface area contributed by atoms with Gasteiger partial charge in [0.05, 0.1) is 19.3 Å². The summed E-state index contributed by atoms with van der Waals surface area (Å²) in [4.78, 5) is 24.4. The van der Waals surface area contributed by atoms with Gasteiger partial charge in [0.25, 0.3) is 0 Å². The van der Waals surface area contributed by atoms with Crippen molar-refractivity contribution >= 4 is 11.9 Å². The van der Waals surface area contributed by atoms with Crippen molar-refractivity contribution in [3.05, 3.63) is 0 Å². The van der Waals surface area contributed by atoms with Crippen molar-refractivity contribution < 1.29 is 19.4 Å². The van der Waals surface area contributed by atoms with E-state index in [2.05, 4.69) is 10.6 Å². The van der Waals surface area contributed by atoms with E-state index in [1.165, 1.54) is 7.11 Å². The fourth-order valence-corrected chi connectivity index (χ4v) is 1.64. The van der Waals surface area contributed by atoms with Gasteiger partial charge in [0, 0.05) is 26.7 Å². The van der Waals surface area contributed by atoms with Crippen molar-refractivity contribution in [3.63, 3.8) is 0 Å². The average molecular weight is 245 g/mol. The topological polar surface area (TPSA) is 90.9 Å². The van der Waals surface area contributed by atoms with Gasteiger partial charge in [-0.25, -0.2) is 4.79 Å². The predicted molar refractivity (Wildman–Crippen MR) is 60.5 cm³/mol. The first-order valence-electron chi connectivity index (χ1n) is 5.59. The maximum Gasteiger partial charge on any atom is 0.321 e.